The monoisotopic (exact) mass is 626 g/mol. The molecular weight excluding hydrogens is 601 g/mol. The van der Waals surface area contributed by atoms with Gasteiger partial charge in [0, 0.05) is 43.6 Å². The second kappa shape index (κ2) is 9.89. The predicted octanol–water partition coefficient (Wildman–Crippen LogP) is 11.4. The van der Waals surface area contributed by atoms with Gasteiger partial charge in [0.1, 0.15) is 11.2 Å². The van der Waals surface area contributed by atoms with Gasteiger partial charge in [-0.15, -0.1) is 0 Å². The van der Waals surface area contributed by atoms with Gasteiger partial charge in [0.05, 0.1) is 38.7 Å². The predicted molar refractivity (Wildman–Crippen MR) is 201 cm³/mol. The summed E-state index contributed by atoms with van der Waals surface area (Å²) in [6.07, 6.45) is 0. The van der Waals surface area contributed by atoms with E-state index < -0.39 is 0 Å². The van der Waals surface area contributed by atoms with Crippen LogP contribution in [-0.2, 0) is 0 Å². The molecule has 0 saturated carbocycles. The quantitative estimate of drug-likeness (QED) is 0.196. The van der Waals surface area contributed by atoms with Crippen LogP contribution in [0.2, 0.25) is 0 Å². The van der Waals surface area contributed by atoms with E-state index in [1.54, 1.807) is 0 Å². The molecule has 7 aromatic carbocycles. The van der Waals surface area contributed by atoms with Gasteiger partial charge in [-0.3, -0.25) is 4.57 Å². The summed E-state index contributed by atoms with van der Waals surface area (Å²) in [4.78, 5) is 10.7. The van der Waals surface area contributed by atoms with Gasteiger partial charge >= 0.3 is 0 Å². The second-order valence-electron chi connectivity index (χ2n) is 12.6. The van der Waals surface area contributed by atoms with Crippen LogP contribution in [-0.4, -0.2) is 19.1 Å². The van der Waals surface area contributed by atoms with Crippen LogP contribution in [0, 0.1) is 0 Å². The van der Waals surface area contributed by atoms with Crippen molar-refractivity contribution in [2.24, 2.45) is 0 Å². The van der Waals surface area contributed by atoms with Crippen molar-refractivity contribution in [2.45, 2.75) is 0 Å². The van der Waals surface area contributed by atoms with Crippen molar-refractivity contribution in [3.63, 3.8) is 0 Å². The van der Waals surface area contributed by atoms with Crippen LogP contribution in [0.5, 0.6) is 0 Å². The maximum absolute atomic E-state index is 6.47. The summed E-state index contributed by atoms with van der Waals surface area (Å²) in [7, 11) is 0. The maximum Gasteiger partial charge on any atom is 0.235 e. The molecular formula is C44H26N4O. The van der Waals surface area contributed by atoms with Gasteiger partial charge in [-0.25, -0.2) is 9.97 Å². The fraction of sp³-hybridized carbons (Fsp3) is 0. The molecule has 0 N–H and O–H groups in total. The highest BCUT2D eigenvalue weighted by molar-refractivity contribution is 6.33. The molecule has 0 aliphatic carbocycles. The lowest BCUT2D eigenvalue weighted by Crippen LogP contribution is -2.03. The van der Waals surface area contributed by atoms with Crippen LogP contribution in [0.4, 0.5) is 0 Å². The average molecular weight is 627 g/mol. The first-order valence-electron chi connectivity index (χ1n) is 16.5. The summed E-state index contributed by atoms with van der Waals surface area (Å²) in [5, 5.41) is 7.86. The molecule has 0 radical (unpaired) electrons. The fourth-order valence-corrected chi connectivity index (χ4v) is 7.90. The standard InChI is InChI=1S/C44H26N4O/c1-3-13-27(14-4-1)42-29-17-7-10-20-33(29)45-44(46-42)48-36-25-24-35-39(30-18-8-11-21-34(30)47(35)28-15-5-2-6-16-28)40(36)32-23-26-38-41(43(32)48)31-19-9-12-22-37(31)49-38/h1-26H. The third-order valence-corrected chi connectivity index (χ3v) is 9.92. The van der Waals surface area contributed by atoms with Crippen molar-refractivity contribution in [1.82, 2.24) is 19.1 Å². The minimum Gasteiger partial charge on any atom is -0.456 e. The van der Waals surface area contributed by atoms with E-state index in [1.807, 2.05) is 24.3 Å². The van der Waals surface area contributed by atoms with Gasteiger partial charge in [0.2, 0.25) is 5.95 Å². The van der Waals surface area contributed by atoms with E-state index in [4.69, 9.17) is 14.4 Å². The number of benzene rings is 7. The number of hydrogen-bond acceptors (Lipinski definition) is 3. The normalized spacial score (nSPS) is 12.1. The van der Waals surface area contributed by atoms with Crippen molar-refractivity contribution in [3.05, 3.63) is 158 Å². The van der Waals surface area contributed by atoms with E-state index in [1.165, 1.54) is 21.7 Å². The van der Waals surface area contributed by atoms with Gasteiger partial charge < -0.3 is 8.98 Å². The number of nitrogens with zero attached hydrogens (tertiary/aromatic N) is 4. The lowest BCUT2D eigenvalue weighted by atomic mass is 10.0. The fourth-order valence-electron chi connectivity index (χ4n) is 7.90. The topological polar surface area (TPSA) is 48.8 Å². The molecule has 11 rings (SSSR count). The van der Waals surface area contributed by atoms with E-state index in [0.717, 1.165) is 71.7 Å². The lowest BCUT2D eigenvalue weighted by Gasteiger charge is -2.12. The highest BCUT2D eigenvalue weighted by atomic mass is 16.3. The Morgan fingerprint density at radius 1 is 0.408 bits per heavy atom. The molecule has 5 heteroatoms. The van der Waals surface area contributed by atoms with Crippen molar-refractivity contribution in [3.8, 4) is 22.9 Å². The summed E-state index contributed by atoms with van der Waals surface area (Å²) in [5.74, 6) is 0.626. The molecule has 0 aliphatic rings. The smallest absolute Gasteiger partial charge is 0.235 e. The first kappa shape index (κ1) is 26.4. The molecule has 0 spiro atoms. The Morgan fingerprint density at radius 2 is 1.06 bits per heavy atom. The first-order valence-corrected chi connectivity index (χ1v) is 16.5. The Morgan fingerprint density at radius 3 is 1.90 bits per heavy atom. The van der Waals surface area contributed by atoms with E-state index in [2.05, 4.69) is 143 Å². The first-order chi connectivity index (χ1) is 24.3. The minimum atomic E-state index is 0.626. The number of rotatable bonds is 3. The SMILES string of the molecule is c1ccc(-c2nc(-n3c4ccc5c(c6ccccc6n5-c5ccccc5)c4c4ccc5oc6ccccc6c5c43)nc3ccccc23)cc1. The third kappa shape index (κ3) is 3.64. The van der Waals surface area contributed by atoms with Crippen molar-refractivity contribution in [2.75, 3.05) is 0 Å². The van der Waals surface area contributed by atoms with Crippen LogP contribution >= 0.6 is 0 Å². The Labute approximate surface area is 279 Å². The van der Waals surface area contributed by atoms with E-state index in [9.17, 15) is 0 Å². The van der Waals surface area contributed by atoms with Crippen molar-refractivity contribution in [1.29, 1.82) is 0 Å². The summed E-state index contributed by atoms with van der Waals surface area (Å²) in [6, 6.07) is 55.1. The van der Waals surface area contributed by atoms with Gasteiger partial charge in [-0.1, -0.05) is 103 Å². The molecule has 0 amide bonds. The number of furan rings is 1. The Balaban J connectivity index is 1.38. The minimum absolute atomic E-state index is 0.626. The molecule has 0 atom stereocenters. The summed E-state index contributed by atoms with van der Waals surface area (Å²) in [6.45, 7) is 0. The van der Waals surface area contributed by atoms with Crippen LogP contribution < -0.4 is 0 Å². The molecule has 0 fully saturated rings. The molecule has 49 heavy (non-hydrogen) atoms. The molecule has 0 saturated heterocycles. The number of fused-ring (bicyclic) bond motifs is 12. The molecule has 4 aromatic heterocycles. The van der Waals surface area contributed by atoms with Crippen molar-refractivity contribution < 1.29 is 4.42 Å². The summed E-state index contributed by atoms with van der Waals surface area (Å²) >= 11 is 0. The third-order valence-electron chi connectivity index (χ3n) is 9.92. The van der Waals surface area contributed by atoms with Crippen LogP contribution in [0.3, 0.4) is 0 Å². The Hall–Kier alpha value is -6.72. The molecule has 11 aromatic rings. The van der Waals surface area contributed by atoms with E-state index in [-0.39, 0.29) is 0 Å². The zero-order chi connectivity index (χ0) is 32.1. The molecule has 0 bridgehead atoms. The molecule has 0 aliphatic heterocycles. The van der Waals surface area contributed by atoms with E-state index >= 15 is 0 Å². The summed E-state index contributed by atoms with van der Waals surface area (Å²) < 4.78 is 11.1. The van der Waals surface area contributed by atoms with Crippen LogP contribution in [0.25, 0.3) is 99.3 Å². The molecule has 5 nitrogen and oxygen atoms in total. The van der Waals surface area contributed by atoms with Crippen LogP contribution in [0.15, 0.2) is 162 Å². The maximum atomic E-state index is 6.47. The average Bonchev–Trinajstić information content (AvgIpc) is 3.82. The van der Waals surface area contributed by atoms with Crippen LogP contribution in [0.1, 0.15) is 0 Å². The van der Waals surface area contributed by atoms with Gasteiger partial charge in [-0.2, -0.15) is 0 Å². The lowest BCUT2D eigenvalue weighted by molar-refractivity contribution is 0.669. The van der Waals surface area contributed by atoms with Gasteiger partial charge in [0.25, 0.3) is 0 Å². The van der Waals surface area contributed by atoms with Crippen molar-refractivity contribution >= 4 is 76.5 Å². The number of para-hydroxylation sites is 4. The highest BCUT2D eigenvalue weighted by Gasteiger charge is 2.25. The molecule has 0 unspecified atom stereocenters. The Bertz CT molecular complexity index is 3100. The highest BCUT2D eigenvalue weighted by Crippen LogP contribution is 2.45. The molecule has 4 heterocycles. The van der Waals surface area contributed by atoms with Gasteiger partial charge in [-0.05, 0) is 54.6 Å². The molecule has 228 valence electrons. The van der Waals surface area contributed by atoms with Gasteiger partial charge in [0.15, 0.2) is 0 Å². The number of hydrogen-bond donors (Lipinski definition) is 0. The Kier molecular flexibility index (Phi) is 5.32. The van der Waals surface area contributed by atoms with E-state index in [0.29, 0.717) is 5.95 Å². The largest absolute Gasteiger partial charge is 0.456 e. The number of aromatic nitrogens is 4. The summed E-state index contributed by atoms with van der Waals surface area (Å²) in [5.41, 5.74) is 10.1. The second-order valence-corrected chi connectivity index (χ2v) is 12.6. The zero-order valence-corrected chi connectivity index (χ0v) is 26.2. The zero-order valence-electron chi connectivity index (χ0n) is 26.2.